The van der Waals surface area contributed by atoms with Crippen molar-refractivity contribution < 1.29 is 10.2 Å². The van der Waals surface area contributed by atoms with Gasteiger partial charge in [0.25, 0.3) is 5.56 Å². The van der Waals surface area contributed by atoms with Gasteiger partial charge in [0.15, 0.2) is 0 Å². The zero-order chi connectivity index (χ0) is 19.2. The van der Waals surface area contributed by atoms with E-state index in [9.17, 15) is 15.0 Å². The molecule has 2 aromatic carbocycles. The molecule has 1 aromatic heterocycles. The number of hydrogen-bond acceptors (Lipinski definition) is 3. The Morgan fingerprint density at radius 2 is 1.81 bits per heavy atom. The first kappa shape index (κ1) is 18.5. The second-order valence-electron chi connectivity index (χ2n) is 6.69. The van der Waals surface area contributed by atoms with E-state index in [1.807, 2.05) is 26.8 Å². The van der Waals surface area contributed by atoms with E-state index in [1.54, 1.807) is 23.7 Å². The van der Waals surface area contributed by atoms with E-state index in [0.717, 1.165) is 27.6 Å². The van der Waals surface area contributed by atoms with E-state index in [4.69, 9.17) is 11.6 Å². The molecule has 0 aliphatic rings. The van der Waals surface area contributed by atoms with E-state index in [1.165, 1.54) is 6.07 Å². The molecule has 0 saturated carbocycles. The molecule has 3 aromatic rings. The minimum absolute atomic E-state index is 0.0563. The molecule has 0 unspecified atom stereocenters. The first-order chi connectivity index (χ1) is 12.3. The Labute approximate surface area is 157 Å². The van der Waals surface area contributed by atoms with Gasteiger partial charge in [-0.2, -0.15) is 0 Å². The van der Waals surface area contributed by atoms with Crippen molar-refractivity contribution in [3.63, 3.8) is 0 Å². The van der Waals surface area contributed by atoms with Gasteiger partial charge in [-0.3, -0.25) is 4.79 Å². The Balaban J connectivity index is 2.64. The molecule has 136 valence electrons. The fraction of sp³-hybridized carbons (Fsp3) is 0.286. The van der Waals surface area contributed by atoms with Crippen LogP contribution in [0.4, 0.5) is 0 Å². The molecule has 0 amide bonds. The number of nitrogens with zero attached hydrogens (tertiary/aromatic N) is 1. The fourth-order valence-electron chi connectivity index (χ4n) is 3.56. The molecule has 26 heavy (non-hydrogen) atoms. The molecule has 0 aliphatic carbocycles. The van der Waals surface area contributed by atoms with Gasteiger partial charge < -0.3 is 14.8 Å². The Morgan fingerprint density at radius 3 is 2.46 bits per heavy atom. The van der Waals surface area contributed by atoms with Crippen LogP contribution in [0.3, 0.4) is 0 Å². The summed E-state index contributed by atoms with van der Waals surface area (Å²) in [5.41, 5.74) is 5.54. The number of fused-ring (bicyclic) bond motifs is 1. The number of hydrogen-bond donors (Lipinski definition) is 2. The predicted molar refractivity (Wildman–Crippen MR) is 106 cm³/mol. The van der Waals surface area contributed by atoms with E-state index >= 15 is 0 Å². The first-order valence-corrected chi connectivity index (χ1v) is 8.87. The normalized spacial score (nSPS) is 11.3. The van der Waals surface area contributed by atoms with Crippen LogP contribution in [0, 0.1) is 20.8 Å². The summed E-state index contributed by atoms with van der Waals surface area (Å²) in [5, 5.41) is 21.4. The van der Waals surface area contributed by atoms with Gasteiger partial charge in [0, 0.05) is 47.2 Å². The zero-order valence-electron chi connectivity index (χ0n) is 15.4. The highest BCUT2D eigenvalue weighted by molar-refractivity contribution is 6.31. The van der Waals surface area contributed by atoms with Crippen LogP contribution in [0.25, 0.3) is 22.0 Å². The van der Waals surface area contributed by atoms with Crippen LogP contribution < -0.4 is 5.56 Å². The maximum Gasteiger partial charge on any atom is 0.254 e. The van der Waals surface area contributed by atoms with Gasteiger partial charge in [-0.15, -0.1) is 0 Å². The van der Waals surface area contributed by atoms with Crippen molar-refractivity contribution in [2.45, 2.75) is 27.2 Å². The third kappa shape index (κ3) is 2.79. The lowest BCUT2D eigenvalue weighted by molar-refractivity contribution is 0.299. The summed E-state index contributed by atoms with van der Waals surface area (Å²) in [6, 6.07) is 6.80. The molecule has 0 aliphatic heterocycles. The monoisotopic (exact) mass is 371 g/mol. The Kier molecular flexibility index (Phi) is 4.82. The lowest BCUT2D eigenvalue weighted by Crippen LogP contribution is -2.24. The Morgan fingerprint density at radius 1 is 1.12 bits per heavy atom. The molecule has 5 heteroatoms. The summed E-state index contributed by atoms with van der Waals surface area (Å²) in [5.74, 6) is 0.0563. The topological polar surface area (TPSA) is 62.5 Å². The molecular weight excluding hydrogens is 350 g/mol. The number of aliphatic hydroxyl groups is 1. The van der Waals surface area contributed by atoms with E-state index in [2.05, 4.69) is 0 Å². The van der Waals surface area contributed by atoms with Crippen LogP contribution >= 0.6 is 11.6 Å². The molecule has 0 fully saturated rings. The van der Waals surface area contributed by atoms with Crippen molar-refractivity contribution >= 4 is 22.5 Å². The van der Waals surface area contributed by atoms with Crippen LogP contribution in [0.1, 0.15) is 22.3 Å². The number of aliphatic hydroxyl groups excluding tert-OH is 1. The van der Waals surface area contributed by atoms with E-state index in [0.29, 0.717) is 21.7 Å². The molecule has 0 atom stereocenters. The average Bonchev–Trinajstić information content (AvgIpc) is 2.61. The molecule has 0 bridgehead atoms. The van der Waals surface area contributed by atoms with Crippen LogP contribution in [0.2, 0.25) is 5.02 Å². The van der Waals surface area contributed by atoms with Gasteiger partial charge in [-0.1, -0.05) is 11.6 Å². The second-order valence-corrected chi connectivity index (χ2v) is 7.13. The third-order valence-corrected chi connectivity index (χ3v) is 5.44. The van der Waals surface area contributed by atoms with Gasteiger partial charge >= 0.3 is 0 Å². The lowest BCUT2D eigenvalue weighted by Gasteiger charge is -2.20. The Bertz CT molecular complexity index is 1080. The fourth-order valence-corrected chi connectivity index (χ4v) is 3.73. The molecule has 4 nitrogen and oxygen atoms in total. The maximum absolute atomic E-state index is 13.0. The summed E-state index contributed by atoms with van der Waals surface area (Å²) in [6.45, 7) is 5.93. The van der Waals surface area contributed by atoms with E-state index in [-0.39, 0.29) is 24.3 Å². The van der Waals surface area contributed by atoms with E-state index < -0.39 is 0 Å². The lowest BCUT2D eigenvalue weighted by atomic mass is 9.89. The van der Waals surface area contributed by atoms with Gasteiger partial charge in [0.05, 0.1) is 5.52 Å². The second kappa shape index (κ2) is 6.78. The van der Waals surface area contributed by atoms with Crippen LogP contribution in [0.15, 0.2) is 29.1 Å². The zero-order valence-corrected chi connectivity index (χ0v) is 16.1. The smallest absolute Gasteiger partial charge is 0.254 e. The highest BCUT2D eigenvalue weighted by Crippen LogP contribution is 2.40. The highest BCUT2D eigenvalue weighted by atomic mass is 35.5. The van der Waals surface area contributed by atoms with Crippen LogP contribution in [-0.4, -0.2) is 21.4 Å². The largest absolute Gasteiger partial charge is 0.507 e. The Hall–Kier alpha value is -2.30. The summed E-state index contributed by atoms with van der Waals surface area (Å²) >= 11 is 6.17. The summed E-state index contributed by atoms with van der Waals surface area (Å²) in [7, 11) is 1.74. The number of rotatable bonds is 3. The standard InChI is InChI=1S/C21H22ClNO3/c1-11-9-17-19(13(3)12(11)2)20(15(7-8-24)21(26)23(17)4)16-10-14(22)5-6-18(16)25/h5-6,9-10,24-25H,7-8H2,1-4H3. The maximum atomic E-state index is 13.0. The van der Waals surface area contributed by atoms with Crippen molar-refractivity contribution in [2.75, 3.05) is 6.61 Å². The molecule has 0 saturated heterocycles. The van der Waals surface area contributed by atoms with Gasteiger partial charge in [-0.25, -0.2) is 0 Å². The molecular formula is C21H22ClNO3. The van der Waals surface area contributed by atoms with Crippen molar-refractivity contribution in [3.05, 3.63) is 61.9 Å². The van der Waals surface area contributed by atoms with Gasteiger partial charge in [0.1, 0.15) is 5.75 Å². The average molecular weight is 372 g/mol. The molecule has 2 N–H and O–H groups in total. The number of phenolic OH excluding ortho intramolecular Hbond substituents is 1. The number of pyridine rings is 1. The summed E-state index contributed by atoms with van der Waals surface area (Å²) in [4.78, 5) is 13.0. The number of phenols is 1. The minimum atomic E-state index is -0.177. The summed E-state index contributed by atoms with van der Waals surface area (Å²) < 4.78 is 1.62. The quantitative estimate of drug-likeness (QED) is 0.730. The van der Waals surface area contributed by atoms with Crippen LogP contribution in [-0.2, 0) is 13.5 Å². The number of aromatic nitrogens is 1. The molecule has 3 rings (SSSR count). The van der Waals surface area contributed by atoms with Crippen molar-refractivity contribution in [1.29, 1.82) is 0 Å². The molecule has 1 heterocycles. The number of aromatic hydroxyl groups is 1. The number of benzene rings is 2. The van der Waals surface area contributed by atoms with Gasteiger partial charge in [0.2, 0.25) is 0 Å². The third-order valence-electron chi connectivity index (χ3n) is 5.20. The SMILES string of the molecule is Cc1cc2c(c(C)c1C)c(-c1cc(Cl)ccc1O)c(CCO)c(=O)n2C. The van der Waals surface area contributed by atoms with Gasteiger partial charge in [-0.05, 0) is 61.7 Å². The predicted octanol–water partition coefficient (Wildman–Crippen LogP) is 4.02. The first-order valence-electron chi connectivity index (χ1n) is 8.50. The highest BCUT2D eigenvalue weighted by Gasteiger charge is 2.21. The van der Waals surface area contributed by atoms with Crippen LogP contribution in [0.5, 0.6) is 5.75 Å². The molecule has 0 radical (unpaired) electrons. The minimum Gasteiger partial charge on any atom is -0.507 e. The summed E-state index contributed by atoms with van der Waals surface area (Å²) in [6.07, 6.45) is 0.205. The van der Waals surface area contributed by atoms with Crippen molar-refractivity contribution in [3.8, 4) is 16.9 Å². The van der Waals surface area contributed by atoms with Crippen molar-refractivity contribution in [2.24, 2.45) is 7.05 Å². The van der Waals surface area contributed by atoms with Crippen molar-refractivity contribution in [1.82, 2.24) is 4.57 Å². The number of halogens is 1. The number of aryl methyl sites for hydroxylation is 3. The molecule has 0 spiro atoms.